The molecule has 1 aromatic carbocycles. The van der Waals surface area contributed by atoms with Gasteiger partial charge in [-0.1, -0.05) is 0 Å². The van der Waals surface area contributed by atoms with Crippen LogP contribution in [0.25, 0.3) is 0 Å². The van der Waals surface area contributed by atoms with Crippen molar-refractivity contribution in [3.05, 3.63) is 24.0 Å². The van der Waals surface area contributed by atoms with Crippen molar-refractivity contribution >= 4 is 21.6 Å². The summed E-state index contributed by atoms with van der Waals surface area (Å²) in [5.74, 6) is -0.992. The predicted molar refractivity (Wildman–Crippen MR) is 76.4 cm³/mol. The molecule has 0 bridgehead atoms. The smallest absolute Gasteiger partial charge is 0.243 e. The van der Waals surface area contributed by atoms with Crippen molar-refractivity contribution in [3.8, 4) is 0 Å². The number of anilines is 1. The minimum absolute atomic E-state index is 0.0651. The zero-order valence-corrected chi connectivity index (χ0v) is 12.5. The molecule has 1 aliphatic heterocycles. The quantitative estimate of drug-likeness (QED) is 0.800. The molecule has 6 nitrogen and oxygen atoms in total. The molecule has 3 N–H and O–H groups in total. The van der Waals surface area contributed by atoms with Crippen LogP contribution in [-0.4, -0.2) is 38.4 Å². The lowest BCUT2D eigenvalue weighted by atomic mass is 10.3. The van der Waals surface area contributed by atoms with Crippen molar-refractivity contribution in [2.75, 3.05) is 18.8 Å². The highest BCUT2D eigenvalue weighted by molar-refractivity contribution is 7.89. The summed E-state index contributed by atoms with van der Waals surface area (Å²) in [6.45, 7) is 2.73. The van der Waals surface area contributed by atoms with Gasteiger partial charge in [0.25, 0.3) is 0 Å². The first-order valence-corrected chi connectivity index (χ1v) is 8.16. The highest BCUT2D eigenvalue weighted by Gasteiger charge is 2.28. The Hall–Kier alpha value is -1.67. The van der Waals surface area contributed by atoms with Crippen molar-refractivity contribution in [3.63, 3.8) is 0 Å². The normalized spacial score (nSPS) is 17.0. The molecular weight excluding hydrogens is 297 g/mol. The fraction of sp³-hybridized carbons (Fsp3) is 0.462. The third kappa shape index (κ3) is 3.51. The second-order valence-electron chi connectivity index (χ2n) is 5.06. The number of hydrogen-bond acceptors (Lipinski definition) is 4. The van der Waals surface area contributed by atoms with Gasteiger partial charge in [0, 0.05) is 13.1 Å². The Morgan fingerprint density at radius 2 is 2.00 bits per heavy atom. The van der Waals surface area contributed by atoms with Crippen molar-refractivity contribution in [1.29, 1.82) is 0 Å². The Kier molecular flexibility index (Phi) is 4.48. The Morgan fingerprint density at radius 1 is 1.38 bits per heavy atom. The van der Waals surface area contributed by atoms with Crippen molar-refractivity contribution in [2.45, 2.75) is 30.7 Å². The summed E-state index contributed by atoms with van der Waals surface area (Å²) in [7, 11) is -4.05. The molecule has 1 heterocycles. The first-order chi connectivity index (χ1) is 9.81. The summed E-state index contributed by atoms with van der Waals surface area (Å²) in [5, 5.41) is 0. The highest BCUT2D eigenvalue weighted by atomic mass is 32.2. The van der Waals surface area contributed by atoms with E-state index in [-0.39, 0.29) is 16.5 Å². The van der Waals surface area contributed by atoms with Gasteiger partial charge in [0.1, 0.15) is 10.7 Å². The van der Waals surface area contributed by atoms with Crippen LogP contribution in [-0.2, 0) is 14.8 Å². The number of nitrogens with one attached hydrogen (secondary N) is 1. The number of likely N-dealkylation sites (tertiary alicyclic amines) is 1. The van der Waals surface area contributed by atoms with E-state index in [1.54, 1.807) is 4.90 Å². The van der Waals surface area contributed by atoms with Crippen LogP contribution < -0.4 is 10.5 Å². The monoisotopic (exact) mass is 315 g/mol. The molecule has 1 atom stereocenters. The standard InChI is InChI=1S/C13H18FN3O3S/c1-9(13(18)17-6-2-3-7-17)16-21(19,20)12-8-10(14)4-5-11(12)15/h4-5,8-9,16H,2-3,6-7,15H2,1H3. The molecular formula is C13H18FN3O3S. The van der Waals surface area contributed by atoms with Crippen LogP contribution in [0.2, 0.25) is 0 Å². The molecule has 0 aliphatic carbocycles. The van der Waals surface area contributed by atoms with E-state index in [0.29, 0.717) is 13.1 Å². The second kappa shape index (κ2) is 5.98. The third-order valence-corrected chi connectivity index (χ3v) is 4.98. The van der Waals surface area contributed by atoms with E-state index in [1.165, 1.54) is 13.0 Å². The van der Waals surface area contributed by atoms with Gasteiger partial charge in [-0.05, 0) is 38.0 Å². The molecule has 1 unspecified atom stereocenters. The van der Waals surface area contributed by atoms with Crippen molar-refractivity contribution in [1.82, 2.24) is 9.62 Å². The first-order valence-electron chi connectivity index (χ1n) is 6.67. The predicted octanol–water partition coefficient (Wildman–Crippen LogP) is 0.697. The Morgan fingerprint density at radius 3 is 2.62 bits per heavy atom. The average molecular weight is 315 g/mol. The topological polar surface area (TPSA) is 92.5 Å². The molecule has 8 heteroatoms. The summed E-state index contributed by atoms with van der Waals surface area (Å²) in [6.07, 6.45) is 1.84. The maximum atomic E-state index is 13.2. The minimum atomic E-state index is -4.05. The number of halogens is 1. The number of nitrogen functional groups attached to an aromatic ring is 1. The Bertz CT molecular complexity index is 642. The molecule has 2 rings (SSSR count). The van der Waals surface area contributed by atoms with E-state index in [4.69, 9.17) is 5.73 Å². The highest BCUT2D eigenvalue weighted by Crippen LogP contribution is 2.20. The number of hydrogen-bond donors (Lipinski definition) is 2. The number of nitrogens with two attached hydrogens (primary N) is 1. The molecule has 0 radical (unpaired) electrons. The Balaban J connectivity index is 2.16. The molecule has 0 aromatic heterocycles. The van der Waals surface area contributed by atoms with Crippen LogP contribution in [0.4, 0.5) is 10.1 Å². The lowest BCUT2D eigenvalue weighted by Gasteiger charge is -2.21. The number of nitrogens with zero attached hydrogens (tertiary/aromatic N) is 1. The molecule has 1 aromatic rings. The van der Waals surface area contributed by atoms with E-state index >= 15 is 0 Å². The summed E-state index contributed by atoms with van der Waals surface area (Å²) >= 11 is 0. The molecule has 1 aliphatic rings. The van der Waals surface area contributed by atoms with E-state index < -0.39 is 21.9 Å². The molecule has 1 saturated heterocycles. The van der Waals surface area contributed by atoms with Crippen LogP contribution in [0.3, 0.4) is 0 Å². The lowest BCUT2D eigenvalue weighted by molar-refractivity contribution is -0.131. The third-order valence-electron chi connectivity index (χ3n) is 3.39. The van der Waals surface area contributed by atoms with Crippen LogP contribution >= 0.6 is 0 Å². The molecule has 21 heavy (non-hydrogen) atoms. The van der Waals surface area contributed by atoms with Gasteiger partial charge in [-0.3, -0.25) is 4.79 Å². The molecule has 1 amide bonds. The van der Waals surface area contributed by atoms with Crippen LogP contribution in [0, 0.1) is 5.82 Å². The Labute approximate surface area is 123 Å². The largest absolute Gasteiger partial charge is 0.398 e. The van der Waals surface area contributed by atoms with Gasteiger partial charge in [0.2, 0.25) is 15.9 Å². The van der Waals surface area contributed by atoms with Gasteiger partial charge in [0.15, 0.2) is 0 Å². The van der Waals surface area contributed by atoms with Gasteiger partial charge in [-0.15, -0.1) is 0 Å². The van der Waals surface area contributed by atoms with Gasteiger partial charge >= 0.3 is 0 Å². The summed E-state index contributed by atoms with van der Waals surface area (Å²) in [6, 6.07) is 2.17. The van der Waals surface area contributed by atoms with Crippen molar-refractivity contribution in [2.24, 2.45) is 0 Å². The molecule has 0 spiro atoms. The second-order valence-corrected chi connectivity index (χ2v) is 6.74. The average Bonchev–Trinajstić information content (AvgIpc) is 2.94. The first kappa shape index (κ1) is 15.7. The van der Waals surface area contributed by atoms with Gasteiger partial charge < -0.3 is 10.6 Å². The van der Waals surface area contributed by atoms with Crippen LogP contribution in [0.1, 0.15) is 19.8 Å². The fourth-order valence-electron chi connectivity index (χ4n) is 2.30. The molecule has 116 valence electrons. The van der Waals surface area contributed by atoms with E-state index in [2.05, 4.69) is 4.72 Å². The number of sulfonamides is 1. The van der Waals surface area contributed by atoms with E-state index in [0.717, 1.165) is 25.0 Å². The number of amides is 1. The zero-order valence-electron chi connectivity index (χ0n) is 11.7. The zero-order chi connectivity index (χ0) is 15.6. The number of carbonyl (C=O) groups excluding carboxylic acids is 1. The van der Waals surface area contributed by atoms with Crippen LogP contribution in [0.5, 0.6) is 0 Å². The minimum Gasteiger partial charge on any atom is -0.398 e. The summed E-state index contributed by atoms with van der Waals surface area (Å²) in [4.78, 5) is 13.4. The SMILES string of the molecule is CC(NS(=O)(=O)c1cc(F)ccc1N)C(=O)N1CCCC1. The van der Waals surface area contributed by atoms with Crippen molar-refractivity contribution < 1.29 is 17.6 Å². The lowest BCUT2D eigenvalue weighted by Crippen LogP contribution is -2.45. The fourth-order valence-corrected chi connectivity index (χ4v) is 3.64. The van der Waals surface area contributed by atoms with Crippen LogP contribution in [0.15, 0.2) is 23.1 Å². The van der Waals surface area contributed by atoms with E-state index in [9.17, 15) is 17.6 Å². The maximum absolute atomic E-state index is 13.2. The van der Waals surface area contributed by atoms with E-state index in [1.807, 2.05) is 0 Å². The maximum Gasteiger partial charge on any atom is 0.243 e. The van der Waals surface area contributed by atoms with Gasteiger partial charge in [0.05, 0.1) is 11.7 Å². The summed E-state index contributed by atoms with van der Waals surface area (Å²) < 4.78 is 39.9. The molecule has 1 fully saturated rings. The summed E-state index contributed by atoms with van der Waals surface area (Å²) in [5.41, 5.74) is 5.50. The number of benzene rings is 1. The van der Waals surface area contributed by atoms with Gasteiger partial charge in [-0.2, -0.15) is 4.72 Å². The van der Waals surface area contributed by atoms with Gasteiger partial charge in [-0.25, -0.2) is 12.8 Å². The number of carbonyl (C=O) groups is 1. The number of rotatable bonds is 4. The molecule has 0 saturated carbocycles.